The predicted molar refractivity (Wildman–Crippen MR) is 109 cm³/mol. The van der Waals surface area contributed by atoms with Gasteiger partial charge in [0, 0.05) is 32.4 Å². The maximum absolute atomic E-state index is 13.2. The molecule has 1 aromatic carbocycles. The maximum atomic E-state index is 13.2. The second-order valence-corrected chi connectivity index (χ2v) is 9.72. The number of amides is 1. The Morgan fingerprint density at radius 1 is 1.17 bits per heavy atom. The number of sulfonamides is 1. The Morgan fingerprint density at radius 2 is 2.00 bits per heavy atom. The number of carbonyl (C=O) groups excluding carboxylic acids is 1. The van der Waals surface area contributed by atoms with Crippen LogP contribution in [0.5, 0.6) is 5.75 Å². The van der Waals surface area contributed by atoms with Gasteiger partial charge in [-0.1, -0.05) is 18.2 Å². The second-order valence-electron chi connectivity index (χ2n) is 7.57. The average Bonchev–Trinajstić information content (AvgIpc) is 2.88. The normalized spacial score (nSPS) is 24.0. The van der Waals surface area contributed by atoms with Crippen molar-refractivity contribution in [3.05, 3.63) is 59.9 Å². The number of pyridine rings is 1. The molecule has 2 saturated heterocycles. The molecule has 2 aliphatic rings. The molecule has 7 nitrogen and oxygen atoms in total. The van der Waals surface area contributed by atoms with E-state index in [1.807, 2.05) is 24.3 Å². The number of likely N-dealkylation sites (tertiary alicyclic amines) is 1. The average molecular weight is 416 g/mol. The molecule has 0 saturated carbocycles. The Balaban J connectivity index is 1.46. The third kappa shape index (κ3) is 4.00. The molecule has 154 valence electrons. The highest BCUT2D eigenvalue weighted by molar-refractivity contribution is 7.90. The van der Waals surface area contributed by atoms with Crippen LogP contribution in [0, 0.1) is 5.92 Å². The molecule has 0 bridgehead atoms. The summed E-state index contributed by atoms with van der Waals surface area (Å²) in [4.78, 5) is 18.6. The van der Waals surface area contributed by atoms with Crippen molar-refractivity contribution in [1.82, 2.24) is 14.2 Å². The lowest BCUT2D eigenvalue weighted by atomic mass is 10.0. The van der Waals surface area contributed by atoms with Crippen LogP contribution < -0.4 is 4.74 Å². The van der Waals surface area contributed by atoms with Crippen LogP contribution >= 0.6 is 0 Å². The highest BCUT2D eigenvalue weighted by Crippen LogP contribution is 2.35. The van der Waals surface area contributed by atoms with Crippen LogP contribution in [0.4, 0.5) is 0 Å². The van der Waals surface area contributed by atoms with Gasteiger partial charge in [0.05, 0.1) is 12.4 Å². The Kier molecular flexibility index (Phi) is 5.56. The number of ether oxygens (including phenoxy) is 1. The van der Waals surface area contributed by atoms with Gasteiger partial charge in [-0.15, -0.1) is 0 Å². The van der Waals surface area contributed by atoms with Crippen LogP contribution in [0.2, 0.25) is 0 Å². The van der Waals surface area contributed by atoms with Crippen LogP contribution in [-0.4, -0.2) is 60.5 Å². The first-order valence-corrected chi connectivity index (χ1v) is 11.3. The second kappa shape index (κ2) is 8.12. The highest BCUT2D eigenvalue weighted by atomic mass is 32.2. The smallest absolute Gasteiger partial charge is 0.272 e. The summed E-state index contributed by atoms with van der Waals surface area (Å²) in [5, 5.41) is -0.436. The summed E-state index contributed by atoms with van der Waals surface area (Å²) in [6, 6.07) is 12.8. The molecule has 4 rings (SSSR count). The molecule has 1 amide bonds. The Hall–Kier alpha value is -2.45. The number of carbonyl (C=O) groups is 1. The summed E-state index contributed by atoms with van der Waals surface area (Å²) < 4.78 is 33.2. The SMILES string of the molecule is COc1cccc(CN2C[C@H]3CCN(C(=O)c4ccccn4)CC[C@H]3S2(=O)=O)c1. The lowest BCUT2D eigenvalue weighted by Crippen LogP contribution is -2.35. The van der Waals surface area contributed by atoms with Crippen molar-refractivity contribution in [2.75, 3.05) is 26.7 Å². The number of rotatable bonds is 4. The number of nitrogens with zero attached hydrogens (tertiary/aromatic N) is 3. The van der Waals surface area contributed by atoms with Gasteiger partial charge >= 0.3 is 0 Å². The zero-order chi connectivity index (χ0) is 20.4. The van der Waals surface area contributed by atoms with Crippen LogP contribution in [0.25, 0.3) is 0 Å². The largest absolute Gasteiger partial charge is 0.497 e. The standard InChI is InChI=1S/C21H25N3O4S/c1-28-18-6-4-5-16(13-18)14-24-15-17-8-11-23(12-9-20(17)29(24,26)27)21(25)19-7-2-3-10-22-19/h2-7,10,13,17,20H,8-9,11-12,14-15H2,1H3/t17-,20-/m1/s1. The summed E-state index contributed by atoms with van der Waals surface area (Å²) in [6.45, 7) is 1.83. The Labute approximate surface area is 171 Å². The summed E-state index contributed by atoms with van der Waals surface area (Å²) >= 11 is 0. The van der Waals surface area contributed by atoms with Crippen LogP contribution in [0.3, 0.4) is 0 Å². The maximum Gasteiger partial charge on any atom is 0.272 e. The minimum Gasteiger partial charge on any atom is -0.497 e. The van der Waals surface area contributed by atoms with E-state index < -0.39 is 15.3 Å². The third-order valence-corrected chi connectivity index (χ3v) is 8.21. The number of hydrogen-bond donors (Lipinski definition) is 0. The topological polar surface area (TPSA) is 79.8 Å². The van der Waals surface area contributed by atoms with Gasteiger partial charge in [0.2, 0.25) is 10.0 Å². The Bertz CT molecular complexity index is 980. The molecule has 0 N–H and O–H groups in total. The number of methoxy groups -OCH3 is 1. The molecular formula is C21H25N3O4S. The van der Waals surface area contributed by atoms with E-state index in [9.17, 15) is 13.2 Å². The summed E-state index contributed by atoms with van der Waals surface area (Å²) in [6.07, 6.45) is 2.73. The third-order valence-electron chi connectivity index (χ3n) is 5.82. The van der Waals surface area contributed by atoms with E-state index in [2.05, 4.69) is 4.98 Å². The predicted octanol–water partition coefficient (Wildman–Crippen LogP) is 2.16. The van der Waals surface area contributed by atoms with Crippen molar-refractivity contribution in [3.63, 3.8) is 0 Å². The number of fused-ring (bicyclic) bond motifs is 1. The zero-order valence-corrected chi connectivity index (χ0v) is 17.2. The molecular weight excluding hydrogens is 390 g/mol. The Morgan fingerprint density at radius 3 is 2.76 bits per heavy atom. The summed E-state index contributed by atoms with van der Waals surface area (Å²) in [7, 11) is -1.80. The summed E-state index contributed by atoms with van der Waals surface area (Å²) in [5.74, 6) is 0.625. The number of benzene rings is 1. The van der Waals surface area contributed by atoms with E-state index in [4.69, 9.17) is 4.74 Å². The monoisotopic (exact) mass is 415 g/mol. The van der Waals surface area contributed by atoms with E-state index in [0.717, 1.165) is 11.3 Å². The first kappa shape index (κ1) is 19.8. The van der Waals surface area contributed by atoms with E-state index >= 15 is 0 Å². The lowest BCUT2D eigenvalue weighted by molar-refractivity contribution is 0.0753. The van der Waals surface area contributed by atoms with Gasteiger partial charge in [0.1, 0.15) is 11.4 Å². The van der Waals surface area contributed by atoms with Gasteiger partial charge in [-0.3, -0.25) is 9.78 Å². The molecule has 0 aliphatic carbocycles. The molecule has 2 aromatic rings. The highest BCUT2D eigenvalue weighted by Gasteiger charge is 2.47. The first-order valence-electron chi connectivity index (χ1n) is 9.81. The fourth-order valence-corrected chi connectivity index (χ4v) is 6.50. The van der Waals surface area contributed by atoms with Crippen molar-refractivity contribution >= 4 is 15.9 Å². The van der Waals surface area contributed by atoms with Crippen molar-refractivity contribution in [3.8, 4) is 5.75 Å². The van der Waals surface area contributed by atoms with Gasteiger partial charge in [-0.05, 0) is 48.6 Å². The van der Waals surface area contributed by atoms with Crippen LogP contribution in [0.15, 0.2) is 48.7 Å². The van der Waals surface area contributed by atoms with E-state index in [1.165, 1.54) is 0 Å². The van der Waals surface area contributed by atoms with Crippen molar-refractivity contribution in [2.24, 2.45) is 5.92 Å². The number of aromatic nitrogens is 1. The molecule has 1 aromatic heterocycles. The van der Waals surface area contributed by atoms with Gasteiger partial charge < -0.3 is 9.64 Å². The van der Waals surface area contributed by atoms with Crippen molar-refractivity contribution in [1.29, 1.82) is 0 Å². The zero-order valence-electron chi connectivity index (χ0n) is 16.4. The van der Waals surface area contributed by atoms with Gasteiger partial charge in [-0.25, -0.2) is 8.42 Å². The van der Waals surface area contributed by atoms with E-state index in [-0.39, 0.29) is 11.8 Å². The van der Waals surface area contributed by atoms with Gasteiger partial charge in [0.15, 0.2) is 0 Å². The molecule has 2 fully saturated rings. The number of hydrogen-bond acceptors (Lipinski definition) is 5. The molecule has 8 heteroatoms. The van der Waals surface area contributed by atoms with Crippen molar-refractivity contribution < 1.29 is 17.9 Å². The van der Waals surface area contributed by atoms with Gasteiger partial charge in [0.25, 0.3) is 5.91 Å². The molecule has 0 spiro atoms. The molecule has 29 heavy (non-hydrogen) atoms. The van der Waals surface area contributed by atoms with Crippen LogP contribution in [0.1, 0.15) is 28.9 Å². The minimum absolute atomic E-state index is 0.0344. The van der Waals surface area contributed by atoms with Crippen LogP contribution in [-0.2, 0) is 16.6 Å². The van der Waals surface area contributed by atoms with E-state index in [0.29, 0.717) is 44.7 Å². The fourth-order valence-electron chi connectivity index (χ4n) is 4.28. The molecule has 2 atom stereocenters. The minimum atomic E-state index is -3.40. The fraction of sp³-hybridized carbons (Fsp3) is 0.429. The molecule has 0 unspecified atom stereocenters. The lowest BCUT2D eigenvalue weighted by Gasteiger charge is -2.22. The van der Waals surface area contributed by atoms with Crippen molar-refractivity contribution in [2.45, 2.75) is 24.6 Å². The molecule has 2 aliphatic heterocycles. The molecule has 0 radical (unpaired) electrons. The quantitative estimate of drug-likeness (QED) is 0.765. The van der Waals surface area contributed by atoms with E-state index in [1.54, 1.807) is 40.7 Å². The van der Waals surface area contributed by atoms with Gasteiger partial charge in [-0.2, -0.15) is 4.31 Å². The summed E-state index contributed by atoms with van der Waals surface area (Å²) in [5.41, 5.74) is 1.32. The molecule has 3 heterocycles. The first-order chi connectivity index (χ1) is 14.0.